The zero-order chi connectivity index (χ0) is 18.7. The van der Waals surface area contributed by atoms with E-state index in [-0.39, 0.29) is 10.8 Å². The molecule has 1 aromatic heterocycles. The van der Waals surface area contributed by atoms with E-state index in [0.29, 0.717) is 18.3 Å². The molecule has 1 aliphatic heterocycles. The Bertz CT molecular complexity index is 846. The fourth-order valence-electron chi connectivity index (χ4n) is 3.12. The first-order chi connectivity index (χ1) is 12.4. The quantitative estimate of drug-likeness (QED) is 0.819. The molecular formula is C18H23N3O3S2. The van der Waals surface area contributed by atoms with E-state index in [4.69, 9.17) is 0 Å². The number of amides is 1. The van der Waals surface area contributed by atoms with E-state index in [1.54, 1.807) is 23.5 Å². The second-order valence-corrected chi connectivity index (χ2v) is 9.64. The molecule has 6 nitrogen and oxygen atoms in total. The van der Waals surface area contributed by atoms with Gasteiger partial charge in [0.25, 0.3) is 0 Å². The average Bonchev–Trinajstić information content (AvgIpc) is 3.26. The molecule has 1 atom stereocenters. The highest BCUT2D eigenvalue weighted by Crippen LogP contribution is 2.34. The van der Waals surface area contributed by atoms with Crippen LogP contribution < -0.4 is 5.32 Å². The first kappa shape index (κ1) is 19.0. The van der Waals surface area contributed by atoms with Gasteiger partial charge in [-0.2, -0.15) is 0 Å². The number of sulfonamides is 1. The van der Waals surface area contributed by atoms with Gasteiger partial charge in [-0.1, -0.05) is 6.07 Å². The Hall–Kier alpha value is -1.74. The number of likely N-dealkylation sites (tertiary alicyclic amines) is 1. The van der Waals surface area contributed by atoms with Crippen molar-refractivity contribution in [1.82, 2.24) is 9.21 Å². The molecule has 0 aliphatic carbocycles. The summed E-state index contributed by atoms with van der Waals surface area (Å²) in [5.74, 6) is -0.0864. The van der Waals surface area contributed by atoms with Crippen LogP contribution in [0, 0.1) is 0 Å². The van der Waals surface area contributed by atoms with Crippen molar-refractivity contribution in [1.29, 1.82) is 0 Å². The summed E-state index contributed by atoms with van der Waals surface area (Å²) >= 11 is 1.73. The Balaban J connectivity index is 1.62. The molecule has 0 unspecified atom stereocenters. The van der Waals surface area contributed by atoms with Crippen molar-refractivity contribution in [2.75, 3.05) is 32.5 Å². The highest BCUT2D eigenvalue weighted by atomic mass is 32.2. The van der Waals surface area contributed by atoms with Gasteiger partial charge in [-0.25, -0.2) is 12.7 Å². The van der Waals surface area contributed by atoms with Gasteiger partial charge >= 0.3 is 0 Å². The van der Waals surface area contributed by atoms with Crippen molar-refractivity contribution in [3.8, 4) is 0 Å². The predicted octanol–water partition coefficient (Wildman–Crippen LogP) is 2.77. The predicted molar refractivity (Wildman–Crippen MR) is 104 cm³/mol. The lowest BCUT2D eigenvalue weighted by Crippen LogP contribution is -2.32. The Morgan fingerprint density at radius 1 is 1.27 bits per heavy atom. The van der Waals surface area contributed by atoms with Crippen LogP contribution in [0.2, 0.25) is 0 Å². The molecule has 140 valence electrons. The van der Waals surface area contributed by atoms with Gasteiger partial charge < -0.3 is 5.32 Å². The fraction of sp³-hybridized carbons (Fsp3) is 0.389. The van der Waals surface area contributed by atoms with Crippen LogP contribution in [-0.4, -0.2) is 50.7 Å². The molecule has 1 aromatic carbocycles. The zero-order valence-electron chi connectivity index (χ0n) is 14.9. The maximum absolute atomic E-state index is 12.4. The molecule has 1 fully saturated rings. The van der Waals surface area contributed by atoms with Gasteiger partial charge in [0, 0.05) is 30.7 Å². The largest absolute Gasteiger partial charge is 0.325 e. The normalized spacial score (nSPS) is 18.3. The second-order valence-electron chi connectivity index (χ2n) is 6.50. The van der Waals surface area contributed by atoms with Gasteiger partial charge in [-0.05, 0) is 55.1 Å². The van der Waals surface area contributed by atoms with E-state index < -0.39 is 10.0 Å². The number of hydrogen-bond donors (Lipinski definition) is 1. The SMILES string of the molecule is CN(C)S(=O)(=O)c1ccc(NC(=O)CN2CCC[C@H]2c2cccs2)cc1. The van der Waals surface area contributed by atoms with E-state index in [1.807, 2.05) is 6.07 Å². The van der Waals surface area contributed by atoms with Crippen LogP contribution in [0.15, 0.2) is 46.7 Å². The number of benzene rings is 1. The van der Waals surface area contributed by atoms with Gasteiger partial charge in [0.15, 0.2) is 0 Å². The summed E-state index contributed by atoms with van der Waals surface area (Å²) in [6.45, 7) is 1.25. The van der Waals surface area contributed by atoms with Crippen molar-refractivity contribution >= 4 is 33.0 Å². The minimum absolute atomic E-state index is 0.0864. The van der Waals surface area contributed by atoms with Gasteiger partial charge in [0.2, 0.25) is 15.9 Å². The third-order valence-corrected chi connectivity index (χ3v) is 7.30. The van der Waals surface area contributed by atoms with Crippen LogP contribution in [0.3, 0.4) is 0 Å². The number of nitrogens with one attached hydrogen (secondary N) is 1. The topological polar surface area (TPSA) is 69.7 Å². The molecule has 2 aromatic rings. The fourth-order valence-corrected chi connectivity index (χ4v) is 4.92. The van der Waals surface area contributed by atoms with E-state index in [1.165, 1.54) is 35.4 Å². The molecule has 1 saturated heterocycles. The summed E-state index contributed by atoms with van der Waals surface area (Å²) in [5.41, 5.74) is 0.597. The number of carbonyl (C=O) groups excluding carboxylic acids is 1. The molecule has 1 amide bonds. The number of thiophene rings is 1. The third-order valence-electron chi connectivity index (χ3n) is 4.50. The highest BCUT2D eigenvalue weighted by Gasteiger charge is 2.28. The molecule has 0 bridgehead atoms. The molecule has 0 spiro atoms. The molecule has 26 heavy (non-hydrogen) atoms. The third kappa shape index (κ3) is 4.15. The Morgan fingerprint density at radius 3 is 2.62 bits per heavy atom. The minimum atomic E-state index is -3.46. The maximum Gasteiger partial charge on any atom is 0.242 e. The van der Waals surface area contributed by atoms with Gasteiger partial charge in [-0.3, -0.25) is 9.69 Å². The molecule has 0 saturated carbocycles. The lowest BCUT2D eigenvalue weighted by molar-refractivity contribution is -0.117. The lowest BCUT2D eigenvalue weighted by Gasteiger charge is -2.22. The first-order valence-electron chi connectivity index (χ1n) is 8.48. The summed E-state index contributed by atoms with van der Waals surface area (Å²) < 4.78 is 25.3. The molecule has 1 aliphatic rings. The van der Waals surface area contributed by atoms with E-state index in [2.05, 4.69) is 21.7 Å². The standard InChI is InChI=1S/C18H23N3O3S2/c1-20(2)26(23,24)15-9-7-14(8-10-15)19-18(22)13-21-11-3-5-16(21)17-6-4-12-25-17/h4,6-10,12,16H,3,5,11,13H2,1-2H3,(H,19,22)/t16-/m0/s1. The number of rotatable bonds is 6. The number of hydrogen-bond acceptors (Lipinski definition) is 5. The van der Waals surface area contributed by atoms with Crippen LogP contribution in [0.25, 0.3) is 0 Å². The van der Waals surface area contributed by atoms with E-state index in [9.17, 15) is 13.2 Å². The smallest absolute Gasteiger partial charge is 0.242 e. The van der Waals surface area contributed by atoms with Crippen LogP contribution in [-0.2, 0) is 14.8 Å². The Kier molecular flexibility index (Phi) is 5.76. The summed E-state index contributed by atoms with van der Waals surface area (Å²) in [5, 5.41) is 4.92. The number of carbonyl (C=O) groups is 1. The van der Waals surface area contributed by atoms with Gasteiger partial charge in [0.1, 0.15) is 0 Å². The van der Waals surface area contributed by atoms with Crippen molar-refractivity contribution in [3.63, 3.8) is 0 Å². The van der Waals surface area contributed by atoms with Gasteiger partial charge in [-0.15, -0.1) is 11.3 Å². The summed E-state index contributed by atoms with van der Waals surface area (Å²) in [4.78, 5) is 16.1. The monoisotopic (exact) mass is 393 g/mol. The van der Waals surface area contributed by atoms with Crippen LogP contribution >= 0.6 is 11.3 Å². The maximum atomic E-state index is 12.4. The Morgan fingerprint density at radius 2 is 2.00 bits per heavy atom. The van der Waals surface area contributed by atoms with Crippen LogP contribution in [0.5, 0.6) is 0 Å². The zero-order valence-corrected chi connectivity index (χ0v) is 16.5. The highest BCUT2D eigenvalue weighted by molar-refractivity contribution is 7.89. The molecule has 1 N–H and O–H groups in total. The summed E-state index contributed by atoms with van der Waals surface area (Å²) in [6, 6.07) is 10.7. The van der Waals surface area contributed by atoms with E-state index >= 15 is 0 Å². The Labute approximate surface area is 158 Å². The minimum Gasteiger partial charge on any atom is -0.325 e. The molecule has 2 heterocycles. The first-order valence-corrected chi connectivity index (χ1v) is 10.8. The molecule has 8 heteroatoms. The molecule has 0 radical (unpaired) electrons. The van der Waals surface area contributed by atoms with Crippen molar-refractivity contribution in [2.24, 2.45) is 0 Å². The number of nitrogens with zero attached hydrogens (tertiary/aromatic N) is 2. The van der Waals surface area contributed by atoms with Gasteiger partial charge in [0.05, 0.1) is 11.4 Å². The second kappa shape index (κ2) is 7.87. The van der Waals surface area contributed by atoms with Crippen LogP contribution in [0.1, 0.15) is 23.8 Å². The summed E-state index contributed by atoms with van der Waals surface area (Å²) in [6.07, 6.45) is 2.16. The molecule has 3 rings (SSSR count). The summed E-state index contributed by atoms with van der Waals surface area (Å²) in [7, 11) is -0.477. The van der Waals surface area contributed by atoms with Crippen LogP contribution in [0.4, 0.5) is 5.69 Å². The number of anilines is 1. The lowest BCUT2D eigenvalue weighted by atomic mass is 10.2. The van der Waals surface area contributed by atoms with Crippen molar-refractivity contribution in [2.45, 2.75) is 23.8 Å². The average molecular weight is 394 g/mol. The molecular weight excluding hydrogens is 370 g/mol. The van der Waals surface area contributed by atoms with E-state index in [0.717, 1.165) is 19.4 Å². The van der Waals surface area contributed by atoms with Crippen molar-refractivity contribution < 1.29 is 13.2 Å². The van der Waals surface area contributed by atoms with Crippen molar-refractivity contribution in [3.05, 3.63) is 46.7 Å².